The van der Waals surface area contributed by atoms with Gasteiger partial charge in [-0.25, -0.2) is 4.98 Å². The first-order valence-electron chi connectivity index (χ1n) is 9.34. The van der Waals surface area contributed by atoms with E-state index in [9.17, 15) is 9.59 Å². The molecule has 0 spiro atoms. The van der Waals surface area contributed by atoms with Crippen LogP contribution in [0.4, 0.5) is 5.13 Å². The van der Waals surface area contributed by atoms with Gasteiger partial charge in [0.1, 0.15) is 11.3 Å². The molecule has 0 aliphatic carbocycles. The van der Waals surface area contributed by atoms with Crippen molar-refractivity contribution in [2.24, 2.45) is 0 Å². The van der Waals surface area contributed by atoms with Crippen LogP contribution in [0.5, 0.6) is 5.75 Å². The largest absolute Gasteiger partial charge is 0.492 e. The molecule has 1 fully saturated rings. The van der Waals surface area contributed by atoms with Crippen molar-refractivity contribution in [3.05, 3.63) is 53.6 Å². The molecule has 2 aromatic carbocycles. The molecule has 3 aromatic rings. The van der Waals surface area contributed by atoms with E-state index in [1.807, 2.05) is 48.2 Å². The topological polar surface area (TPSA) is 71.5 Å². The Labute approximate surface area is 167 Å². The number of amides is 2. The SMILES string of the molecule is CCOc1cccc2sc(NC(=O)c3cccc(CN4CCCC4=O)c3)nc12. The van der Waals surface area contributed by atoms with E-state index in [2.05, 4.69) is 10.3 Å². The molecule has 0 radical (unpaired) electrons. The van der Waals surface area contributed by atoms with E-state index in [1.165, 1.54) is 11.3 Å². The van der Waals surface area contributed by atoms with Crippen molar-refractivity contribution in [3.63, 3.8) is 0 Å². The van der Waals surface area contributed by atoms with Crippen molar-refractivity contribution in [1.29, 1.82) is 0 Å². The number of hydrogen-bond donors (Lipinski definition) is 1. The molecule has 2 heterocycles. The van der Waals surface area contributed by atoms with Crippen LogP contribution in [0.3, 0.4) is 0 Å². The van der Waals surface area contributed by atoms with E-state index < -0.39 is 0 Å². The second-order valence-electron chi connectivity index (χ2n) is 6.63. The highest BCUT2D eigenvalue weighted by Crippen LogP contribution is 2.32. The number of rotatable bonds is 6. The molecule has 6 nitrogen and oxygen atoms in total. The molecule has 1 aromatic heterocycles. The zero-order valence-corrected chi connectivity index (χ0v) is 16.4. The number of nitrogens with one attached hydrogen (secondary N) is 1. The van der Waals surface area contributed by atoms with Gasteiger partial charge in [0, 0.05) is 25.1 Å². The van der Waals surface area contributed by atoms with E-state index in [-0.39, 0.29) is 11.8 Å². The fourth-order valence-electron chi connectivity index (χ4n) is 3.32. The third-order valence-electron chi connectivity index (χ3n) is 4.64. The van der Waals surface area contributed by atoms with E-state index >= 15 is 0 Å². The molecule has 1 aliphatic heterocycles. The van der Waals surface area contributed by atoms with Crippen LogP contribution in [0.2, 0.25) is 0 Å². The molecule has 144 valence electrons. The van der Waals surface area contributed by atoms with Crippen molar-refractivity contribution in [3.8, 4) is 5.75 Å². The molecule has 0 unspecified atom stereocenters. The smallest absolute Gasteiger partial charge is 0.257 e. The van der Waals surface area contributed by atoms with Crippen LogP contribution in [0.15, 0.2) is 42.5 Å². The zero-order chi connectivity index (χ0) is 19.5. The molecular weight excluding hydrogens is 374 g/mol. The number of ether oxygens (including phenoxy) is 1. The zero-order valence-electron chi connectivity index (χ0n) is 15.6. The van der Waals surface area contributed by atoms with E-state index in [4.69, 9.17) is 4.74 Å². The first kappa shape index (κ1) is 18.4. The van der Waals surface area contributed by atoms with Gasteiger partial charge in [0.05, 0.1) is 11.3 Å². The predicted octanol–water partition coefficient (Wildman–Crippen LogP) is 4.07. The second-order valence-corrected chi connectivity index (χ2v) is 7.66. The van der Waals surface area contributed by atoms with Gasteiger partial charge in [0.25, 0.3) is 5.91 Å². The number of carbonyl (C=O) groups excluding carboxylic acids is 2. The quantitative estimate of drug-likeness (QED) is 0.683. The number of nitrogens with zero attached hydrogens (tertiary/aromatic N) is 2. The summed E-state index contributed by atoms with van der Waals surface area (Å²) in [4.78, 5) is 30.9. The molecule has 0 saturated carbocycles. The third kappa shape index (κ3) is 3.84. The Bertz CT molecular complexity index is 1030. The highest BCUT2D eigenvalue weighted by molar-refractivity contribution is 7.22. The average Bonchev–Trinajstić information content (AvgIpc) is 3.28. The van der Waals surface area contributed by atoms with Gasteiger partial charge >= 0.3 is 0 Å². The number of fused-ring (bicyclic) bond motifs is 1. The summed E-state index contributed by atoms with van der Waals surface area (Å²) in [6, 6.07) is 13.1. The van der Waals surface area contributed by atoms with Crippen LogP contribution in [0.1, 0.15) is 35.7 Å². The van der Waals surface area contributed by atoms with Gasteiger partial charge in [0.15, 0.2) is 5.13 Å². The minimum Gasteiger partial charge on any atom is -0.492 e. The summed E-state index contributed by atoms with van der Waals surface area (Å²) < 4.78 is 6.57. The number of aromatic nitrogens is 1. The maximum atomic E-state index is 12.7. The number of hydrogen-bond acceptors (Lipinski definition) is 5. The standard InChI is InChI=1S/C21H21N3O3S/c1-2-27-16-8-4-9-17-19(16)22-21(28-17)23-20(26)15-7-3-6-14(12-15)13-24-11-5-10-18(24)25/h3-4,6-9,12H,2,5,10-11,13H2,1H3,(H,22,23,26). The molecule has 28 heavy (non-hydrogen) atoms. The fraction of sp³-hybridized carbons (Fsp3) is 0.286. The maximum Gasteiger partial charge on any atom is 0.257 e. The summed E-state index contributed by atoms with van der Waals surface area (Å²) in [5, 5.41) is 3.41. The monoisotopic (exact) mass is 395 g/mol. The Kier molecular flexibility index (Phi) is 5.25. The molecule has 2 amide bonds. The Hall–Kier alpha value is -2.93. The van der Waals surface area contributed by atoms with Gasteiger partial charge in [-0.1, -0.05) is 29.5 Å². The highest BCUT2D eigenvalue weighted by Gasteiger charge is 2.20. The van der Waals surface area contributed by atoms with E-state index in [0.717, 1.165) is 28.7 Å². The Morgan fingerprint density at radius 3 is 2.93 bits per heavy atom. The number of carbonyl (C=O) groups is 2. The minimum atomic E-state index is -0.216. The summed E-state index contributed by atoms with van der Waals surface area (Å²) in [7, 11) is 0. The lowest BCUT2D eigenvalue weighted by molar-refractivity contribution is -0.128. The molecule has 4 rings (SSSR count). The Morgan fingerprint density at radius 1 is 1.29 bits per heavy atom. The predicted molar refractivity (Wildman–Crippen MR) is 110 cm³/mol. The number of para-hydroxylation sites is 1. The van der Waals surface area contributed by atoms with Crippen LogP contribution in [-0.4, -0.2) is 34.8 Å². The molecule has 1 saturated heterocycles. The summed E-state index contributed by atoms with van der Waals surface area (Å²) >= 11 is 1.42. The van der Waals surface area contributed by atoms with Gasteiger partial charge in [-0.05, 0) is 43.2 Å². The summed E-state index contributed by atoms with van der Waals surface area (Å²) in [5.74, 6) is 0.676. The van der Waals surface area contributed by atoms with Gasteiger partial charge in [-0.15, -0.1) is 0 Å². The lowest BCUT2D eigenvalue weighted by atomic mass is 10.1. The number of benzene rings is 2. The van der Waals surface area contributed by atoms with Crippen molar-refractivity contribution in [1.82, 2.24) is 9.88 Å². The molecular formula is C21H21N3O3S. The van der Waals surface area contributed by atoms with Crippen LogP contribution in [-0.2, 0) is 11.3 Å². The highest BCUT2D eigenvalue weighted by atomic mass is 32.1. The van der Waals surface area contributed by atoms with Crippen molar-refractivity contribution < 1.29 is 14.3 Å². The van der Waals surface area contributed by atoms with Crippen molar-refractivity contribution in [2.75, 3.05) is 18.5 Å². The maximum absolute atomic E-state index is 12.7. The summed E-state index contributed by atoms with van der Waals surface area (Å²) in [5.41, 5.74) is 2.25. The molecule has 7 heteroatoms. The molecule has 1 N–H and O–H groups in total. The summed E-state index contributed by atoms with van der Waals surface area (Å²) in [6.45, 7) is 3.81. The van der Waals surface area contributed by atoms with E-state index in [0.29, 0.717) is 36.0 Å². The Balaban J connectivity index is 1.50. The van der Waals surface area contributed by atoms with E-state index in [1.54, 1.807) is 6.07 Å². The summed E-state index contributed by atoms with van der Waals surface area (Å²) in [6.07, 6.45) is 1.52. The first-order valence-corrected chi connectivity index (χ1v) is 10.2. The fourth-order valence-corrected chi connectivity index (χ4v) is 4.20. The lowest BCUT2D eigenvalue weighted by Gasteiger charge is -2.15. The minimum absolute atomic E-state index is 0.175. The van der Waals surface area contributed by atoms with Crippen molar-refractivity contribution >= 4 is 38.5 Å². The first-order chi connectivity index (χ1) is 13.6. The lowest BCUT2D eigenvalue weighted by Crippen LogP contribution is -2.24. The van der Waals surface area contributed by atoms with Crippen LogP contribution >= 0.6 is 11.3 Å². The van der Waals surface area contributed by atoms with Crippen LogP contribution in [0.25, 0.3) is 10.2 Å². The number of thiazole rings is 1. The van der Waals surface area contributed by atoms with Crippen LogP contribution in [0, 0.1) is 0 Å². The van der Waals surface area contributed by atoms with Crippen molar-refractivity contribution in [2.45, 2.75) is 26.3 Å². The van der Waals surface area contributed by atoms with Crippen LogP contribution < -0.4 is 10.1 Å². The second kappa shape index (κ2) is 7.98. The third-order valence-corrected chi connectivity index (χ3v) is 5.57. The molecule has 0 bridgehead atoms. The molecule has 1 aliphatic rings. The van der Waals surface area contributed by atoms with Gasteiger partial charge in [-0.3, -0.25) is 14.9 Å². The van der Waals surface area contributed by atoms with Gasteiger partial charge in [-0.2, -0.15) is 0 Å². The normalized spacial score (nSPS) is 13.9. The Morgan fingerprint density at radius 2 is 2.14 bits per heavy atom. The van der Waals surface area contributed by atoms with Gasteiger partial charge in [0.2, 0.25) is 5.91 Å². The van der Waals surface area contributed by atoms with Gasteiger partial charge < -0.3 is 9.64 Å². The average molecular weight is 395 g/mol. The molecule has 0 atom stereocenters. The number of anilines is 1. The number of likely N-dealkylation sites (tertiary alicyclic amines) is 1.